The monoisotopic (exact) mass is 365 g/mol. The second-order valence-corrected chi connectivity index (χ2v) is 7.18. The van der Waals surface area contributed by atoms with Gasteiger partial charge in [-0.2, -0.15) is 5.21 Å². The van der Waals surface area contributed by atoms with Crippen molar-refractivity contribution in [2.45, 2.75) is 16.0 Å². The highest BCUT2D eigenvalue weighted by molar-refractivity contribution is 7.91. The molecule has 3 rings (SSSR count). The molecule has 1 aromatic carbocycles. The van der Waals surface area contributed by atoms with Crippen molar-refractivity contribution < 1.29 is 13.5 Å². The Hall–Kier alpha value is -2.49. The van der Waals surface area contributed by atoms with Gasteiger partial charge in [0.25, 0.3) is 0 Å². The van der Waals surface area contributed by atoms with Crippen LogP contribution in [0.1, 0.15) is 17.5 Å². The van der Waals surface area contributed by atoms with Gasteiger partial charge >= 0.3 is 0 Å². The Kier molecular flexibility index (Phi) is 4.47. The molecule has 24 heavy (non-hydrogen) atoms. The molecule has 2 heterocycles. The van der Waals surface area contributed by atoms with Gasteiger partial charge in [-0.25, -0.2) is 8.42 Å². The van der Waals surface area contributed by atoms with Crippen molar-refractivity contribution in [2.24, 2.45) is 0 Å². The van der Waals surface area contributed by atoms with Crippen molar-refractivity contribution in [3.05, 3.63) is 59.0 Å². The van der Waals surface area contributed by atoms with E-state index in [2.05, 4.69) is 25.6 Å². The number of hydrogen-bond donors (Lipinski definition) is 3. The lowest BCUT2D eigenvalue weighted by Gasteiger charge is -2.01. The molecule has 0 aliphatic rings. The van der Waals surface area contributed by atoms with Crippen molar-refractivity contribution >= 4 is 27.5 Å². The zero-order valence-corrected chi connectivity index (χ0v) is 13.7. The fourth-order valence-corrected chi connectivity index (χ4v) is 3.34. The summed E-state index contributed by atoms with van der Waals surface area (Å²) in [6.45, 7) is 0. The number of aliphatic hydroxyl groups excluding tert-OH is 1. The predicted molar refractivity (Wildman–Crippen MR) is 85.9 cm³/mol. The van der Waals surface area contributed by atoms with Gasteiger partial charge in [0, 0.05) is 11.2 Å². The van der Waals surface area contributed by atoms with E-state index in [9.17, 15) is 13.5 Å². The minimum atomic E-state index is -3.67. The molecule has 0 aliphatic heterocycles. The number of tetrazole rings is 1. The van der Waals surface area contributed by atoms with Crippen LogP contribution in [0.3, 0.4) is 0 Å². The second-order valence-electron chi connectivity index (χ2n) is 4.83. The summed E-state index contributed by atoms with van der Waals surface area (Å²) in [5.41, 5.74) is 0.574. The minimum absolute atomic E-state index is 0.0403. The largest absolute Gasteiger partial charge is 0.381 e. The fourth-order valence-electron chi connectivity index (χ4n) is 1.96. The minimum Gasteiger partial charge on any atom is -0.381 e. The summed E-state index contributed by atoms with van der Waals surface area (Å²) in [5.74, 6) is 0.121. The van der Waals surface area contributed by atoms with E-state index in [0.29, 0.717) is 10.6 Å². The van der Waals surface area contributed by atoms with Crippen molar-refractivity contribution in [2.75, 3.05) is 0 Å². The molecule has 8 nitrogen and oxygen atoms in total. The molecule has 1 unspecified atom stereocenters. The lowest BCUT2D eigenvalue weighted by atomic mass is 10.2. The summed E-state index contributed by atoms with van der Waals surface area (Å²) in [7, 11) is -3.67. The Morgan fingerprint density at radius 3 is 2.67 bits per heavy atom. The number of aromatic amines is 2. The third kappa shape index (κ3) is 3.37. The third-order valence-electron chi connectivity index (χ3n) is 3.19. The molecule has 10 heteroatoms. The number of rotatable bonds is 5. The highest BCUT2D eigenvalue weighted by Gasteiger charge is 2.19. The number of nitrogens with zero attached hydrogens (tertiary/aromatic N) is 3. The number of halogens is 1. The van der Waals surface area contributed by atoms with Gasteiger partial charge in [0.15, 0.2) is 0 Å². The van der Waals surface area contributed by atoms with Crippen molar-refractivity contribution in [3.63, 3.8) is 0 Å². The Balaban J connectivity index is 1.81. The van der Waals surface area contributed by atoms with E-state index in [4.69, 9.17) is 11.6 Å². The summed E-state index contributed by atoms with van der Waals surface area (Å²) < 4.78 is 25.0. The van der Waals surface area contributed by atoms with Crippen LogP contribution in [0.5, 0.6) is 0 Å². The zero-order valence-electron chi connectivity index (χ0n) is 12.1. The number of aliphatic hydroxyl groups is 1. The molecule has 0 saturated carbocycles. The molecule has 3 N–H and O–H groups in total. The molecule has 0 fully saturated rings. The standard InChI is InChI=1S/C14H12ClN5O3S/c15-10-2-4-11(5-3-10)24(22,23)13-7-9(8-16-13)1-6-12(21)14-17-19-20-18-14/h1-8,12,16,21H,(H,17,18,19,20). The molecular weight excluding hydrogens is 354 g/mol. The lowest BCUT2D eigenvalue weighted by molar-refractivity contribution is 0.219. The van der Waals surface area contributed by atoms with Crippen LogP contribution in [0.4, 0.5) is 0 Å². The van der Waals surface area contributed by atoms with E-state index >= 15 is 0 Å². The van der Waals surface area contributed by atoms with E-state index in [0.717, 1.165) is 0 Å². The number of benzene rings is 1. The van der Waals surface area contributed by atoms with Crippen LogP contribution < -0.4 is 0 Å². The first kappa shape index (κ1) is 16.4. The van der Waals surface area contributed by atoms with Crippen LogP contribution in [0.25, 0.3) is 6.08 Å². The van der Waals surface area contributed by atoms with Gasteiger partial charge in [-0.3, -0.25) is 0 Å². The Morgan fingerprint density at radius 1 is 1.25 bits per heavy atom. The van der Waals surface area contributed by atoms with Crippen LogP contribution in [0.15, 0.2) is 52.5 Å². The maximum Gasteiger partial charge on any atom is 0.221 e. The Morgan fingerprint density at radius 2 is 2.00 bits per heavy atom. The van der Waals surface area contributed by atoms with E-state index in [1.807, 2.05) is 0 Å². The fraction of sp³-hybridized carbons (Fsp3) is 0.0714. The van der Waals surface area contributed by atoms with Crippen LogP contribution in [0.2, 0.25) is 5.02 Å². The van der Waals surface area contributed by atoms with Crippen LogP contribution >= 0.6 is 11.6 Å². The predicted octanol–water partition coefficient (Wildman–Crippen LogP) is 1.76. The van der Waals surface area contributed by atoms with Gasteiger partial charge < -0.3 is 10.1 Å². The van der Waals surface area contributed by atoms with Crippen LogP contribution in [-0.4, -0.2) is 39.1 Å². The lowest BCUT2D eigenvalue weighted by Crippen LogP contribution is -2.01. The Bertz CT molecular complexity index is 949. The Labute approximate surface area is 142 Å². The highest BCUT2D eigenvalue weighted by Crippen LogP contribution is 2.23. The highest BCUT2D eigenvalue weighted by atomic mass is 35.5. The van der Waals surface area contributed by atoms with E-state index < -0.39 is 15.9 Å². The molecule has 124 valence electrons. The van der Waals surface area contributed by atoms with E-state index in [1.54, 1.807) is 6.08 Å². The maximum absolute atomic E-state index is 12.5. The smallest absolute Gasteiger partial charge is 0.221 e. The second kappa shape index (κ2) is 6.56. The van der Waals surface area contributed by atoms with Gasteiger partial charge in [0.1, 0.15) is 11.1 Å². The number of nitrogens with one attached hydrogen (secondary N) is 2. The summed E-state index contributed by atoms with van der Waals surface area (Å²) in [6.07, 6.45) is 3.45. The molecular formula is C14H12ClN5O3S. The van der Waals surface area contributed by atoms with Crippen LogP contribution in [0, 0.1) is 0 Å². The van der Waals surface area contributed by atoms with Crippen molar-refractivity contribution in [3.8, 4) is 0 Å². The van der Waals surface area contributed by atoms with Crippen molar-refractivity contribution in [1.82, 2.24) is 25.6 Å². The normalized spacial score (nSPS) is 13.4. The molecule has 3 aromatic rings. The first-order valence-corrected chi connectivity index (χ1v) is 8.61. The van der Waals surface area contributed by atoms with Gasteiger partial charge in [-0.1, -0.05) is 22.9 Å². The summed E-state index contributed by atoms with van der Waals surface area (Å²) in [6, 6.07) is 7.37. The molecule has 0 aliphatic carbocycles. The maximum atomic E-state index is 12.5. The SMILES string of the molecule is O=S(=O)(c1ccc(Cl)cc1)c1cc(C=CC(O)c2nn[nH]n2)c[nH]1. The molecule has 0 bridgehead atoms. The topological polar surface area (TPSA) is 125 Å². The molecule has 2 aromatic heterocycles. The van der Waals surface area contributed by atoms with Gasteiger partial charge in [-0.05, 0) is 42.0 Å². The molecule has 0 spiro atoms. The number of hydrogen-bond acceptors (Lipinski definition) is 6. The summed E-state index contributed by atoms with van der Waals surface area (Å²) >= 11 is 5.77. The van der Waals surface area contributed by atoms with Gasteiger partial charge in [0.05, 0.1) is 4.90 Å². The summed E-state index contributed by atoms with van der Waals surface area (Å²) in [5, 5.41) is 23.2. The van der Waals surface area contributed by atoms with E-state index in [1.165, 1.54) is 42.6 Å². The molecule has 1 atom stereocenters. The van der Waals surface area contributed by atoms with Gasteiger partial charge in [-0.15, -0.1) is 10.2 Å². The quantitative estimate of drug-likeness (QED) is 0.632. The molecule has 0 saturated heterocycles. The molecule has 0 radical (unpaired) electrons. The first-order chi connectivity index (χ1) is 11.5. The average Bonchev–Trinajstić information content (AvgIpc) is 3.25. The summed E-state index contributed by atoms with van der Waals surface area (Å²) in [4.78, 5) is 2.85. The zero-order chi connectivity index (χ0) is 17.2. The third-order valence-corrected chi connectivity index (χ3v) is 5.15. The first-order valence-electron chi connectivity index (χ1n) is 6.75. The van der Waals surface area contributed by atoms with Gasteiger partial charge in [0.2, 0.25) is 15.7 Å². The average molecular weight is 366 g/mol. The number of aromatic nitrogens is 5. The number of H-pyrrole nitrogens is 2. The molecule has 0 amide bonds. The van der Waals surface area contributed by atoms with Crippen molar-refractivity contribution in [1.29, 1.82) is 0 Å². The number of sulfone groups is 1. The van der Waals surface area contributed by atoms with Crippen LogP contribution in [-0.2, 0) is 9.84 Å². The van der Waals surface area contributed by atoms with E-state index in [-0.39, 0.29) is 15.7 Å².